The second kappa shape index (κ2) is 1.49. The summed E-state index contributed by atoms with van der Waals surface area (Å²) in [6.07, 6.45) is 5.85. The fourth-order valence-electron chi connectivity index (χ4n) is 1.34. The number of epoxide rings is 1. The van der Waals surface area contributed by atoms with Gasteiger partial charge in [-0.25, -0.2) is 0 Å². The van der Waals surface area contributed by atoms with Crippen LogP contribution in [0.3, 0.4) is 0 Å². The third kappa shape index (κ3) is 0.622. The molecule has 2 heteroatoms. The van der Waals surface area contributed by atoms with Crippen LogP contribution in [0.5, 0.6) is 0 Å². The Bertz CT molecular complexity index is 244. The molecule has 2 rings (SSSR count). The number of hydrogen-bond acceptors (Lipinski definition) is 1. The van der Waals surface area contributed by atoms with Crippen LogP contribution < -0.4 is 0 Å². The maximum Gasteiger partial charge on any atom is 0.119 e. The van der Waals surface area contributed by atoms with Crippen LogP contribution in [0.4, 0.5) is 0 Å². The van der Waals surface area contributed by atoms with Gasteiger partial charge in [-0.1, -0.05) is 11.6 Å². The molecule has 1 aliphatic carbocycles. The van der Waals surface area contributed by atoms with E-state index in [1.54, 1.807) is 0 Å². The first-order chi connectivity index (χ1) is 4.56. The third-order valence-electron chi connectivity index (χ3n) is 2.34. The van der Waals surface area contributed by atoms with E-state index in [0.717, 1.165) is 5.03 Å². The van der Waals surface area contributed by atoms with Crippen molar-refractivity contribution in [1.29, 1.82) is 0 Å². The SMILES string of the molecule is CC12C=CC(Cl)=CC1(C)O2. The van der Waals surface area contributed by atoms with E-state index < -0.39 is 0 Å². The highest BCUT2D eigenvalue weighted by Gasteiger charge is 2.61. The zero-order chi connectivity index (χ0) is 7.41. The lowest BCUT2D eigenvalue weighted by atomic mass is 9.92. The minimum Gasteiger partial charge on any atom is -0.354 e. The fraction of sp³-hybridized carbons (Fsp3) is 0.500. The molecule has 0 aromatic carbocycles. The van der Waals surface area contributed by atoms with E-state index in [4.69, 9.17) is 16.3 Å². The van der Waals surface area contributed by atoms with Gasteiger partial charge in [-0.15, -0.1) is 0 Å². The highest BCUT2D eigenvalue weighted by molar-refractivity contribution is 6.31. The quantitative estimate of drug-likeness (QED) is 0.490. The minimum atomic E-state index is -0.126. The Morgan fingerprint density at radius 3 is 2.60 bits per heavy atom. The molecule has 0 saturated carbocycles. The van der Waals surface area contributed by atoms with Crippen molar-refractivity contribution in [2.45, 2.75) is 25.0 Å². The van der Waals surface area contributed by atoms with Gasteiger partial charge in [0, 0.05) is 5.03 Å². The van der Waals surface area contributed by atoms with Gasteiger partial charge in [-0.2, -0.15) is 0 Å². The third-order valence-corrected chi connectivity index (χ3v) is 2.58. The van der Waals surface area contributed by atoms with Crippen LogP contribution in [-0.4, -0.2) is 11.2 Å². The summed E-state index contributed by atoms with van der Waals surface area (Å²) in [6, 6.07) is 0. The van der Waals surface area contributed by atoms with Crippen LogP contribution in [0.2, 0.25) is 0 Å². The second-order valence-corrected chi connectivity index (χ2v) is 3.62. The molecule has 0 radical (unpaired) electrons. The average Bonchev–Trinajstić information content (AvgIpc) is 2.33. The highest BCUT2D eigenvalue weighted by Crippen LogP contribution is 2.52. The van der Waals surface area contributed by atoms with E-state index in [9.17, 15) is 0 Å². The molecule has 0 spiro atoms. The van der Waals surface area contributed by atoms with Gasteiger partial charge >= 0.3 is 0 Å². The highest BCUT2D eigenvalue weighted by atomic mass is 35.5. The molecule has 1 heterocycles. The van der Waals surface area contributed by atoms with Gasteiger partial charge in [-0.05, 0) is 32.1 Å². The Balaban J connectivity index is 2.40. The number of hydrogen-bond donors (Lipinski definition) is 0. The molecule has 2 atom stereocenters. The van der Waals surface area contributed by atoms with Crippen LogP contribution in [0.25, 0.3) is 0 Å². The smallest absolute Gasteiger partial charge is 0.119 e. The van der Waals surface area contributed by atoms with Gasteiger partial charge < -0.3 is 4.74 Å². The largest absolute Gasteiger partial charge is 0.354 e. The number of rotatable bonds is 0. The summed E-state index contributed by atoms with van der Waals surface area (Å²) < 4.78 is 5.48. The van der Waals surface area contributed by atoms with Crippen molar-refractivity contribution in [3.8, 4) is 0 Å². The zero-order valence-electron chi connectivity index (χ0n) is 6.02. The van der Waals surface area contributed by atoms with Crippen LogP contribution in [0, 0.1) is 0 Å². The summed E-state index contributed by atoms with van der Waals surface area (Å²) in [7, 11) is 0. The molecule has 1 fully saturated rings. The predicted molar refractivity (Wildman–Crippen MR) is 41.0 cm³/mol. The van der Waals surface area contributed by atoms with Gasteiger partial charge in [0.15, 0.2) is 0 Å². The van der Waals surface area contributed by atoms with Crippen LogP contribution in [0.15, 0.2) is 23.3 Å². The van der Waals surface area contributed by atoms with E-state index in [-0.39, 0.29) is 11.2 Å². The van der Waals surface area contributed by atoms with Crippen molar-refractivity contribution >= 4 is 11.6 Å². The van der Waals surface area contributed by atoms with Crippen LogP contribution in [-0.2, 0) is 4.74 Å². The van der Waals surface area contributed by atoms with E-state index in [1.165, 1.54) is 0 Å². The molecular formula is C8H9ClO. The number of halogens is 1. The number of ether oxygens (including phenoxy) is 1. The summed E-state index contributed by atoms with van der Waals surface area (Å²) in [6.45, 7) is 4.10. The van der Waals surface area contributed by atoms with E-state index in [2.05, 4.69) is 6.92 Å². The van der Waals surface area contributed by atoms with E-state index >= 15 is 0 Å². The van der Waals surface area contributed by atoms with Crippen molar-refractivity contribution in [2.24, 2.45) is 0 Å². The molecule has 0 aromatic rings. The molecule has 1 nitrogen and oxygen atoms in total. The minimum absolute atomic E-state index is 0.0780. The summed E-state index contributed by atoms with van der Waals surface area (Å²) in [5.41, 5.74) is -0.204. The summed E-state index contributed by atoms with van der Waals surface area (Å²) in [5, 5.41) is 0.775. The maximum atomic E-state index is 5.78. The molecule has 0 N–H and O–H groups in total. The fourth-order valence-corrected chi connectivity index (χ4v) is 1.61. The Hall–Kier alpha value is -0.270. The zero-order valence-corrected chi connectivity index (χ0v) is 6.77. The topological polar surface area (TPSA) is 12.5 Å². The average molecular weight is 157 g/mol. The van der Waals surface area contributed by atoms with Gasteiger partial charge in [0.1, 0.15) is 11.2 Å². The molecule has 10 heavy (non-hydrogen) atoms. The molecule has 0 amide bonds. The van der Waals surface area contributed by atoms with Crippen LogP contribution in [0.1, 0.15) is 13.8 Å². The Labute approximate surface area is 65.3 Å². The van der Waals surface area contributed by atoms with Gasteiger partial charge in [0.05, 0.1) is 0 Å². The Morgan fingerprint density at radius 1 is 1.40 bits per heavy atom. The molecule has 2 aliphatic rings. The van der Waals surface area contributed by atoms with Gasteiger partial charge in [0.25, 0.3) is 0 Å². The van der Waals surface area contributed by atoms with Crippen molar-refractivity contribution in [3.05, 3.63) is 23.3 Å². The summed E-state index contributed by atoms with van der Waals surface area (Å²) in [5.74, 6) is 0. The molecule has 0 bridgehead atoms. The monoisotopic (exact) mass is 156 g/mol. The molecule has 54 valence electrons. The van der Waals surface area contributed by atoms with E-state index in [0.29, 0.717) is 0 Å². The van der Waals surface area contributed by atoms with Crippen molar-refractivity contribution in [2.75, 3.05) is 0 Å². The summed E-state index contributed by atoms with van der Waals surface area (Å²) in [4.78, 5) is 0. The lowest BCUT2D eigenvalue weighted by Gasteiger charge is -2.08. The van der Waals surface area contributed by atoms with Crippen molar-refractivity contribution < 1.29 is 4.74 Å². The van der Waals surface area contributed by atoms with E-state index in [1.807, 2.05) is 25.2 Å². The second-order valence-electron chi connectivity index (χ2n) is 3.18. The lowest BCUT2D eigenvalue weighted by Crippen LogP contribution is -2.17. The Kier molecular flexibility index (Phi) is 0.958. The summed E-state index contributed by atoms with van der Waals surface area (Å²) >= 11 is 5.78. The molecule has 1 aliphatic heterocycles. The maximum absolute atomic E-state index is 5.78. The van der Waals surface area contributed by atoms with Gasteiger partial charge in [0.2, 0.25) is 0 Å². The van der Waals surface area contributed by atoms with Crippen molar-refractivity contribution in [1.82, 2.24) is 0 Å². The first-order valence-corrected chi connectivity index (χ1v) is 3.71. The molecule has 1 saturated heterocycles. The predicted octanol–water partition coefficient (Wildman–Crippen LogP) is 2.23. The van der Waals surface area contributed by atoms with Crippen molar-refractivity contribution in [3.63, 3.8) is 0 Å². The normalized spacial score (nSPS) is 50.1. The number of allylic oxidation sites excluding steroid dienone is 2. The lowest BCUT2D eigenvalue weighted by molar-refractivity contribution is 0.323. The molecule has 0 aromatic heterocycles. The number of fused-ring (bicyclic) bond motifs is 1. The van der Waals surface area contributed by atoms with Gasteiger partial charge in [-0.3, -0.25) is 0 Å². The van der Waals surface area contributed by atoms with Crippen LogP contribution >= 0.6 is 11.6 Å². The first-order valence-electron chi connectivity index (χ1n) is 3.34. The molecule has 2 unspecified atom stereocenters. The Morgan fingerprint density at radius 2 is 2.10 bits per heavy atom. The standard InChI is InChI=1S/C8H9ClO/c1-7-4-3-6(9)5-8(7,2)10-7/h3-5H,1-2H3. The molecular weight excluding hydrogens is 148 g/mol. The first kappa shape index (κ1) is 6.44.